The van der Waals surface area contributed by atoms with E-state index in [1.54, 1.807) is 0 Å². The predicted octanol–water partition coefficient (Wildman–Crippen LogP) is 4.09. The molecule has 5 heteroatoms. The van der Waals surface area contributed by atoms with Crippen molar-refractivity contribution < 1.29 is 9.32 Å². The molecule has 1 saturated carbocycles. The standard InChI is InChI=1S/C21H27N3O2/c1-15(2)24(20(25)17-10-11-17)14-18-19(16-8-4-3-5-9-16)22-26-21(18)23-12-6-7-13-23/h3-5,8-9,15,17H,6-7,10-14H2,1-2H3. The molecule has 0 spiro atoms. The van der Waals surface area contributed by atoms with E-state index in [1.807, 2.05) is 23.1 Å². The molecule has 2 heterocycles. The zero-order chi connectivity index (χ0) is 18.1. The average Bonchev–Trinajstić information content (AvgIpc) is 3.20. The van der Waals surface area contributed by atoms with Gasteiger partial charge in [0.15, 0.2) is 0 Å². The smallest absolute Gasteiger partial charge is 0.232 e. The van der Waals surface area contributed by atoms with Crippen LogP contribution in [0.3, 0.4) is 0 Å². The summed E-state index contributed by atoms with van der Waals surface area (Å²) in [5, 5.41) is 4.41. The van der Waals surface area contributed by atoms with Gasteiger partial charge in [-0.2, -0.15) is 0 Å². The maximum Gasteiger partial charge on any atom is 0.232 e. The van der Waals surface area contributed by atoms with Gasteiger partial charge in [-0.1, -0.05) is 35.5 Å². The van der Waals surface area contributed by atoms with Crippen LogP contribution < -0.4 is 4.90 Å². The van der Waals surface area contributed by atoms with E-state index in [1.165, 1.54) is 12.8 Å². The fourth-order valence-corrected chi connectivity index (χ4v) is 3.68. The number of hydrogen-bond acceptors (Lipinski definition) is 4. The van der Waals surface area contributed by atoms with Gasteiger partial charge in [-0.3, -0.25) is 4.79 Å². The number of nitrogens with zero attached hydrogens (tertiary/aromatic N) is 3. The Morgan fingerprint density at radius 1 is 1.23 bits per heavy atom. The highest BCUT2D eigenvalue weighted by Crippen LogP contribution is 2.37. The van der Waals surface area contributed by atoms with Crippen molar-refractivity contribution in [1.82, 2.24) is 10.1 Å². The monoisotopic (exact) mass is 353 g/mol. The molecular weight excluding hydrogens is 326 g/mol. The Morgan fingerprint density at radius 2 is 1.92 bits per heavy atom. The van der Waals surface area contributed by atoms with Crippen LogP contribution in [0.2, 0.25) is 0 Å². The van der Waals surface area contributed by atoms with E-state index < -0.39 is 0 Å². The molecule has 138 valence electrons. The lowest BCUT2D eigenvalue weighted by molar-refractivity contribution is -0.134. The van der Waals surface area contributed by atoms with E-state index in [4.69, 9.17) is 4.52 Å². The number of benzene rings is 1. The summed E-state index contributed by atoms with van der Waals surface area (Å²) in [5.74, 6) is 1.33. The number of hydrogen-bond donors (Lipinski definition) is 0. The van der Waals surface area contributed by atoms with Crippen molar-refractivity contribution in [3.05, 3.63) is 35.9 Å². The first-order valence-corrected chi connectivity index (χ1v) is 9.74. The molecule has 1 saturated heterocycles. The first kappa shape index (κ1) is 17.1. The number of anilines is 1. The molecule has 0 N–H and O–H groups in total. The summed E-state index contributed by atoms with van der Waals surface area (Å²) < 4.78 is 5.81. The van der Waals surface area contributed by atoms with Crippen molar-refractivity contribution in [3.8, 4) is 11.3 Å². The summed E-state index contributed by atoms with van der Waals surface area (Å²) in [6.07, 6.45) is 4.40. The molecule has 0 bridgehead atoms. The van der Waals surface area contributed by atoms with Gasteiger partial charge in [0, 0.05) is 30.6 Å². The quantitative estimate of drug-likeness (QED) is 0.785. The summed E-state index contributed by atoms with van der Waals surface area (Å²) in [4.78, 5) is 17.1. The van der Waals surface area contributed by atoms with Gasteiger partial charge in [0.05, 0.1) is 12.1 Å². The van der Waals surface area contributed by atoms with Crippen LogP contribution in [0.4, 0.5) is 5.88 Å². The fraction of sp³-hybridized carbons (Fsp3) is 0.524. The van der Waals surface area contributed by atoms with Gasteiger partial charge in [-0.25, -0.2) is 0 Å². The number of aromatic nitrogens is 1. The summed E-state index contributed by atoms with van der Waals surface area (Å²) in [6, 6.07) is 10.3. The molecule has 2 aromatic rings. The third kappa shape index (κ3) is 3.35. The first-order chi connectivity index (χ1) is 12.6. The molecule has 2 fully saturated rings. The topological polar surface area (TPSA) is 49.6 Å². The second kappa shape index (κ2) is 7.14. The average molecular weight is 353 g/mol. The van der Waals surface area contributed by atoms with E-state index >= 15 is 0 Å². The van der Waals surface area contributed by atoms with E-state index in [9.17, 15) is 4.79 Å². The summed E-state index contributed by atoms with van der Waals surface area (Å²) in [6.45, 7) is 6.73. The van der Waals surface area contributed by atoms with Crippen molar-refractivity contribution in [2.75, 3.05) is 18.0 Å². The van der Waals surface area contributed by atoms with Crippen LogP contribution in [-0.4, -0.2) is 35.1 Å². The maximum atomic E-state index is 12.8. The Labute approximate surface area is 155 Å². The number of carbonyl (C=O) groups excluding carboxylic acids is 1. The van der Waals surface area contributed by atoms with Crippen LogP contribution in [0, 0.1) is 5.92 Å². The SMILES string of the molecule is CC(C)N(Cc1c(-c2ccccc2)noc1N1CCCC1)C(=O)C1CC1. The lowest BCUT2D eigenvalue weighted by atomic mass is 10.1. The Morgan fingerprint density at radius 3 is 2.54 bits per heavy atom. The van der Waals surface area contributed by atoms with Crippen LogP contribution >= 0.6 is 0 Å². The van der Waals surface area contributed by atoms with Gasteiger partial charge in [0.1, 0.15) is 5.69 Å². The largest absolute Gasteiger partial charge is 0.340 e. The van der Waals surface area contributed by atoms with Crippen molar-refractivity contribution >= 4 is 11.8 Å². The second-order valence-electron chi connectivity index (χ2n) is 7.71. The fourth-order valence-electron chi connectivity index (χ4n) is 3.68. The highest BCUT2D eigenvalue weighted by Gasteiger charge is 2.36. The first-order valence-electron chi connectivity index (χ1n) is 9.74. The predicted molar refractivity (Wildman–Crippen MR) is 102 cm³/mol. The van der Waals surface area contributed by atoms with Gasteiger partial charge in [0.2, 0.25) is 11.8 Å². The second-order valence-corrected chi connectivity index (χ2v) is 7.71. The minimum atomic E-state index is 0.160. The summed E-state index contributed by atoms with van der Waals surface area (Å²) in [7, 11) is 0. The van der Waals surface area contributed by atoms with E-state index in [-0.39, 0.29) is 17.9 Å². The van der Waals surface area contributed by atoms with Crippen molar-refractivity contribution in [3.63, 3.8) is 0 Å². The highest BCUT2D eigenvalue weighted by atomic mass is 16.5. The zero-order valence-electron chi connectivity index (χ0n) is 15.6. The number of amides is 1. The molecule has 5 nitrogen and oxygen atoms in total. The van der Waals surface area contributed by atoms with Gasteiger partial charge in [0.25, 0.3) is 0 Å². The molecule has 0 unspecified atom stereocenters. The van der Waals surface area contributed by atoms with Crippen molar-refractivity contribution in [2.24, 2.45) is 5.92 Å². The van der Waals surface area contributed by atoms with Gasteiger partial charge >= 0.3 is 0 Å². The van der Waals surface area contributed by atoms with E-state index in [2.05, 4.69) is 36.0 Å². The molecular formula is C21H27N3O2. The Kier molecular flexibility index (Phi) is 4.70. The summed E-state index contributed by atoms with van der Waals surface area (Å²) in [5.41, 5.74) is 2.95. The van der Waals surface area contributed by atoms with E-state index in [0.717, 1.165) is 48.6 Å². The molecule has 4 rings (SSSR count). The summed E-state index contributed by atoms with van der Waals surface area (Å²) >= 11 is 0. The van der Waals surface area contributed by atoms with Gasteiger partial charge in [-0.15, -0.1) is 0 Å². The third-order valence-electron chi connectivity index (χ3n) is 5.37. The van der Waals surface area contributed by atoms with Crippen LogP contribution in [0.5, 0.6) is 0 Å². The van der Waals surface area contributed by atoms with Crippen LogP contribution in [0.1, 0.15) is 45.1 Å². The third-order valence-corrected chi connectivity index (χ3v) is 5.37. The molecule has 0 atom stereocenters. The Bertz CT molecular complexity index is 759. The zero-order valence-corrected chi connectivity index (χ0v) is 15.6. The van der Waals surface area contributed by atoms with E-state index in [0.29, 0.717) is 6.54 Å². The Balaban J connectivity index is 1.71. The number of carbonyl (C=O) groups is 1. The number of rotatable bonds is 6. The Hall–Kier alpha value is -2.30. The van der Waals surface area contributed by atoms with Crippen LogP contribution in [0.25, 0.3) is 11.3 Å². The lowest BCUT2D eigenvalue weighted by Gasteiger charge is -2.28. The minimum Gasteiger partial charge on any atom is -0.340 e. The molecule has 1 aromatic carbocycles. The molecule has 1 aliphatic carbocycles. The molecule has 26 heavy (non-hydrogen) atoms. The molecule has 1 aliphatic heterocycles. The normalized spacial score (nSPS) is 17.1. The molecule has 2 aliphatic rings. The highest BCUT2D eigenvalue weighted by molar-refractivity contribution is 5.82. The van der Waals surface area contributed by atoms with Gasteiger partial charge < -0.3 is 14.3 Å². The molecule has 1 amide bonds. The van der Waals surface area contributed by atoms with Crippen LogP contribution in [-0.2, 0) is 11.3 Å². The molecule has 0 radical (unpaired) electrons. The minimum absolute atomic E-state index is 0.160. The van der Waals surface area contributed by atoms with Crippen LogP contribution in [0.15, 0.2) is 34.9 Å². The maximum absolute atomic E-state index is 12.8. The van der Waals surface area contributed by atoms with Crippen molar-refractivity contribution in [2.45, 2.75) is 52.1 Å². The van der Waals surface area contributed by atoms with Gasteiger partial charge in [-0.05, 0) is 39.5 Å². The lowest BCUT2D eigenvalue weighted by Crippen LogP contribution is -2.37. The van der Waals surface area contributed by atoms with Crippen molar-refractivity contribution in [1.29, 1.82) is 0 Å². The molecule has 1 aromatic heterocycles.